The Kier molecular flexibility index (Phi) is 7.04. The third kappa shape index (κ3) is 4.28. The van der Waals surface area contributed by atoms with Crippen molar-refractivity contribution in [3.63, 3.8) is 0 Å². The summed E-state index contributed by atoms with van der Waals surface area (Å²) in [6.45, 7) is 1.85. The molecule has 2 heterocycles. The fourth-order valence-corrected chi connectivity index (χ4v) is 3.53. The van der Waals surface area contributed by atoms with E-state index in [0.29, 0.717) is 6.42 Å². The molecule has 138 valence electrons. The highest BCUT2D eigenvalue weighted by molar-refractivity contribution is 5.89. The average molecular weight is 341 g/mol. The highest BCUT2D eigenvalue weighted by Crippen LogP contribution is 2.36. The molecule has 0 bridgehead atoms. The van der Waals surface area contributed by atoms with Gasteiger partial charge in [0.15, 0.2) is 11.4 Å². The van der Waals surface area contributed by atoms with Crippen LogP contribution in [0.4, 0.5) is 4.79 Å². The Hall–Kier alpha value is -1.14. The lowest BCUT2D eigenvalue weighted by atomic mass is 9.85. The quantitative estimate of drug-likeness (QED) is 0.618. The van der Waals surface area contributed by atoms with Crippen molar-refractivity contribution in [2.24, 2.45) is 0 Å². The van der Waals surface area contributed by atoms with Crippen LogP contribution in [0.1, 0.15) is 71.1 Å². The summed E-state index contributed by atoms with van der Waals surface area (Å²) in [5.74, 6) is -0.126. The molecule has 0 aromatic rings. The molecule has 6 nitrogen and oxygen atoms in total. The first-order valence-electron chi connectivity index (χ1n) is 9.29. The lowest BCUT2D eigenvalue weighted by molar-refractivity contribution is -0.217. The van der Waals surface area contributed by atoms with Gasteiger partial charge in [-0.15, -0.1) is 0 Å². The zero-order chi connectivity index (χ0) is 17.6. The number of hydrogen-bond acceptors (Lipinski definition) is 5. The number of nitrogens with zero attached hydrogens (tertiary/aromatic N) is 1. The van der Waals surface area contributed by atoms with Crippen molar-refractivity contribution in [1.29, 1.82) is 0 Å². The van der Waals surface area contributed by atoms with Crippen LogP contribution in [-0.2, 0) is 14.3 Å². The summed E-state index contributed by atoms with van der Waals surface area (Å²) < 4.78 is 10.9. The van der Waals surface area contributed by atoms with Gasteiger partial charge < -0.3 is 19.5 Å². The molecule has 0 aliphatic carbocycles. The second-order valence-electron chi connectivity index (χ2n) is 7.05. The number of rotatable bonds is 10. The first-order valence-corrected chi connectivity index (χ1v) is 9.29. The summed E-state index contributed by atoms with van der Waals surface area (Å²) in [6, 6.07) is -0.372. The number of amides is 1. The number of Topliss-reactive ketones (excluding diaryl/α,β-unsaturated/α-hetero) is 1. The van der Waals surface area contributed by atoms with Crippen molar-refractivity contribution in [2.75, 3.05) is 13.7 Å². The van der Waals surface area contributed by atoms with Gasteiger partial charge in [0, 0.05) is 13.5 Å². The molecule has 24 heavy (non-hydrogen) atoms. The number of aliphatic hydroxyl groups excluding tert-OH is 1. The van der Waals surface area contributed by atoms with Crippen LogP contribution in [0, 0.1) is 0 Å². The highest BCUT2D eigenvalue weighted by Gasteiger charge is 2.54. The standard InChI is InChI=1S/C18H31NO5/c1-3-4-5-6-7-8-9-10-11-18(13-20)15(21)12-14-16(24-18)23-17(22)19(14)2/h14,16,20H,3-13H2,1-2H3. The molecule has 2 fully saturated rings. The van der Waals surface area contributed by atoms with Crippen molar-refractivity contribution < 1.29 is 24.2 Å². The Morgan fingerprint density at radius 1 is 1.12 bits per heavy atom. The third-order valence-electron chi connectivity index (χ3n) is 5.25. The van der Waals surface area contributed by atoms with Crippen LogP contribution in [0.5, 0.6) is 0 Å². The fraction of sp³-hybridized carbons (Fsp3) is 0.889. The molecular weight excluding hydrogens is 310 g/mol. The molecule has 0 aromatic heterocycles. The van der Waals surface area contributed by atoms with Crippen molar-refractivity contribution in [3.05, 3.63) is 0 Å². The van der Waals surface area contributed by atoms with E-state index in [1.54, 1.807) is 7.05 Å². The van der Waals surface area contributed by atoms with Crippen LogP contribution in [0.25, 0.3) is 0 Å². The maximum absolute atomic E-state index is 12.5. The maximum Gasteiger partial charge on any atom is 0.412 e. The zero-order valence-corrected chi connectivity index (χ0v) is 15.0. The molecule has 1 amide bonds. The average Bonchev–Trinajstić information content (AvgIpc) is 2.84. The second-order valence-corrected chi connectivity index (χ2v) is 7.05. The minimum absolute atomic E-state index is 0.126. The van der Waals surface area contributed by atoms with Crippen molar-refractivity contribution >= 4 is 11.9 Å². The van der Waals surface area contributed by atoms with Crippen molar-refractivity contribution in [1.82, 2.24) is 4.90 Å². The molecule has 0 radical (unpaired) electrons. The first kappa shape index (κ1) is 19.2. The normalized spacial score (nSPS) is 29.7. The van der Waals surface area contributed by atoms with E-state index in [1.807, 2.05) is 0 Å². The summed E-state index contributed by atoms with van der Waals surface area (Å²) in [5.41, 5.74) is -1.20. The first-order chi connectivity index (χ1) is 11.5. The molecule has 3 atom stereocenters. The number of unbranched alkanes of at least 4 members (excludes halogenated alkanes) is 7. The Morgan fingerprint density at radius 2 is 1.75 bits per heavy atom. The maximum atomic E-state index is 12.5. The molecule has 0 spiro atoms. The summed E-state index contributed by atoms with van der Waals surface area (Å²) in [6.07, 6.45) is 8.77. The fourth-order valence-electron chi connectivity index (χ4n) is 3.53. The van der Waals surface area contributed by atoms with Crippen LogP contribution >= 0.6 is 0 Å². The van der Waals surface area contributed by atoms with Crippen LogP contribution in [0.3, 0.4) is 0 Å². The molecule has 0 saturated carbocycles. The Balaban J connectivity index is 1.77. The second kappa shape index (κ2) is 8.81. The predicted octanol–water partition coefficient (Wildman–Crippen LogP) is 3.01. The summed E-state index contributed by atoms with van der Waals surface area (Å²) in [4.78, 5) is 25.5. The van der Waals surface area contributed by atoms with Crippen LogP contribution in [-0.4, -0.2) is 53.5 Å². The number of carbonyl (C=O) groups is 2. The van der Waals surface area contributed by atoms with Crippen LogP contribution in [0.2, 0.25) is 0 Å². The number of ether oxygens (including phenoxy) is 2. The van der Waals surface area contributed by atoms with Gasteiger partial charge >= 0.3 is 6.09 Å². The van der Waals surface area contributed by atoms with E-state index in [0.717, 1.165) is 19.3 Å². The van der Waals surface area contributed by atoms with E-state index < -0.39 is 18.0 Å². The number of carbonyl (C=O) groups excluding carboxylic acids is 2. The van der Waals surface area contributed by atoms with E-state index in [1.165, 1.54) is 37.0 Å². The Bertz CT molecular complexity index is 441. The van der Waals surface area contributed by atoms with Gasteiger partial charge in [0.1, 0.15) is 6.04 Å². The van der Waals surface area contributed by atoms with E-state index >= 15 is 0 Å². The van der Waals surface area contributed by atoms with Gasteiger partial charge in [-0.2, -0.15) is 0 Å². The van der Waals surface area contributed by atoms with Gasteiger partial charge in [0.05, 0.1) is 6.61 Å². The number of ketones is 1. The van der Waals surface area contributed by atoms with Gasteiger partial charge in [-0.1, -0.05) is 58.3 Å². The van der Waals surface area contributed by atoms with Gasteiger partial charge in [-0.3, -0.25) is 4.79 Å². The third-order valence-corrected chi connectivity index (χ3v) is 5.25. The number of fused-ring (bicyclic) bond motifs is 1. The lowest BCUT2D eigenvalue weighted by Crippen LogP contribution is -2.57. The van der Waals surface area contributed by atoms with Gasteiger partial charge in [-0.05, 0) is 6.42 Å². The molecule has 1 N–H and O–H groups in total. The molecule has 2 aliphatic rings. The molecule has 2 aliphatic heterocycles. The SMILES string of the molecule is CCCCCCCCCCC1(CO)OC2OC(=O)N(C)C2CC1=O. The summed E-state index contributed by atoms with van der Waals surface area (Å²) in [5, 5.41) is 9.76. The molecule has 2 saturated heterocycles. The molecule has 3 unspecified atom stereocenters. The smallest absolute Gasteiger partial charge is 0.412 e. The summed E-state index contributed by atoms with van der Waals surface area (Å²) >= 11 is 0. The van der Waals surface area contributed by atoms with Crippen LogP contribution < -0.4 is 0 Å². The predicted molar refractivity (Wildman–Crippen MR) is 89.6 cm³/mol. The molecule has 0 aromatic carbocycles. The number of hydrogen-bond donors (Lipinski definition) is 1. The summed E-state index contributed by atoms with van der Waals surface area (Å²) in [7, 11) is 1.61. The number of likely N-dealkylation sites (N-methyl/N-ethyl adjacent to an activating group) is 1. The van der Waals surface area contributed by atoms with Crippen LogP contribution in [0.15, 0.2) is 0 Å². The lowest BCUT2D eigenvalue weighted by Gasteiger charge is -2.39. The van der Waals surface area contributed by atoms with Crippen molar-refractivity contribution in [3.8, 4) is 0 Å². The molecule has 6 heteroatoms. The van der Waals surface area contributed by atoms with Gasteiger partial charge in [0.2, 0.25) is 6.29 Å². The van der Waals surface area contributed by atoms with E-state index in [2.05, 4.69) is 6.92 Å². The van der Waals surface area contributed by atoms with E-state index in [9.17, 15) is 14.7 Å². The largest absolute Gasteiger partial charge is 0.417 e. The van der Waals surface area contributed by atoms with E-state index in [-0.39, 0.29) is 24.9 Å². The zero-order valence-electron chi connectivity index (χ0n) is 15.0. The Labute approximate surface area is 144 Å². The van der Waals surface area contributed by atoms with Gasteiger partial charge in [0.25, 0.3) is 0 Å². The molecule has 2 rings (SSSR count). The monoisotopic (exact) mass is 341 g/mol. The number of aliphatic hydroxyl groups is 1. The van der Waals surface area contributed by atoms with Crippen molar-refractivity contribution in [2.45, 2.75) is 89.1 Å². The van der Waals surface area contributed by atoms with Gasteiger partial charge in [-0.25, -0.2) is 4.79 Å². The molecular formula is C18H31NO5. The minimum atomic E-state index is -1.20. The topological polar surface area (TPSA) is 76.1 Å². The van der Waals surface area contributed by atoms with E-state index in [4.69, 9.17) is 9.47 Å². The highest BCUT2D eigenvalue weighted by atomic mass is 16.7. The Morgan fingerprint density at radius 3 is 2.38 bits per heavy atom. The minimum Gasteiger partial charge on any atom is -0.417 e.